The van der Waals surface area contributed by atoms with E-state index in [1.54, 1.807) is 0 Å². The molecule has 0 aromatic rings. The number of carbonyl (C=O) groups excluding carboxylic acids is 2. The van der Waals surface area contributed by atoms with Crippen molar-refractivity contribution in [2.75, 3.05) is 0 Å². The Morgan fingerprint density at radius 1 is 1.07 bits per heavy atom. The molecule has 0 saturated heterocycles. The van der Waals surface area contributed by atoms with Crippen molar-refractivity contribution in [3.05, 3.63) is 12.2 Å². The van der Waals surface area contributed by atoms with Gasteiger partial charge in [-0.2, -0.15) is 0 Å². The molecule has 0 atom stereocenters. The van der Waals surface area contributed by atoms with Gasteiger partial charge in [0.25, 0.3) is 11.8 Å². The van der Waals surface area contributed by atoms with Crippen molar-refractivity contribution in [2.24, 2.45) is 0 Å². The van der Waals surface area contributed by atoms with Gasteiger partial charge in [0.2, 0.25) is 0 Å². The monoisotopic (exact) mass is 195 g/mol. The summed E-state index contributed by atoms with van der Waals surface area (Å²) in [4.78, 5) is 24.0. The maximum absolute atomic E-state index is 11.3. The molecule has 0 bridgehead atoms. The van der Waals surface area contributed by atoms with Crippen LogP contribution in [0.4, 0.5) is 0 Å². The quantitative estimate of drug-likeness (QED) is 0.609. The van der Waals surface area contributed by atoms with E-state index in [-0.39, 0.29) is 24.0 Å². The molecule has 2 rings (SSSR count). The largest absolute Gasteiger partial charge is 0.393 e. The Bertz CT molecular complexity index is 272. The van der Waals surface area contributed by atoms with Crippen molar-refractivity contribution < 1.29 is 14.7 Å². The predicted molar refractivity (Wildman–Crippen MR) is 49.3 cm³/mol. The molecule has 4 heteroatoms. The summed E-state index contributed by atoms with van der Waals surface area (Å²) in [6.45, 7) is 0. The molecule has 1 fully saturated rings. The first-order valence-corrected chi connectivity index (χ1v) is 4.92. The Kier molecular flexibility index (Phi) is 2.37. The zero-order valence-electron chi connectivity index (χ0n) is 7.85. The Hall–Kier alpha value is -1.16. The van der Waals surface area contributed by atoms with E-state index in [4.69, 9.17) is 0 Å². The number of rotatable bonds is 1. The van der Waals surface area contributed by atoms with E-state index in [9.17, 15) is 14.7 Å². The summed E-state index contributed by atoms with van der Waals surface area (Å²) < 4.78 is 0. The van der Waals surface area contributed by atoms with Gasteiger partial charge < -0.3 is 5.11 Å². The van der Waals surface area contributed by atoms with Gasteiger partial charge in [-0.3, -0.25) is 14.5 Å². The second-order valence-electron chi connectivity index (χ2n) is 3.84. The maximum atomic E-state index is 11.3. The summed E-state index contributed by atoms with van der Waals surface area (Å²) in [6.07, 6.45) is 5.18. The van der Waals surface area contributed by atoms with Gasteiger partial charge in [0, 0.05) is 18.2 Å². The van der Waals surface area contributed by atoms with Crippen LogP contribution in [0.25, 0.3) is 0 Å². The Balaban J connectivity index is 2.02. The highest BCUT2D eigenvalue weighted by Gasteiger charge is 2.33. The third kappa shape index (κ3) is 1.57. The Labute approximate surface area is 82.2 Å². The molecule has 14 heavy (non-hydrogen) atoms. The van der Waals surface area contributed by atoms with Crippen LogP contribution in [0.1, 0.15) is 25.7 Å². The van der Waals surface area contributed by atoms with Crippen molar-refractivity contribution in [3.8, 4) is 0 Å². The minimum absolute atomic E-state index is 0.00611. The lowest BCUT2D eigenvalue weighted by Crippen LogP contribution is -2.42. The summed E-state index contributed by atoms with van der Waals surface area (Å²) in [6, 6.07) is -0.00611. The van der Waals surface area contributed by atoms with E-state index >= 15 is 0 Å². The number of nitrogens with zero attached hydrogens (tertiary/aromatic N) is 1. The molecule has 1 heterocycles. The molecule has 2 aliphatic rings. The normalized spacial score (nSPS) is 32.8. The van der Waals surface area contributed by atoms with Gasteiger partial charge in [-0.05, 0) is 25.7 Å². The van der Waals surface area contributed by atoms with Gasteiger partial charge in [0.05, 0.1) is 6.10 Å². The van der Waals surface area contributed by atoms with Crippen molar-refractivity contribution >= 4 is 11.8 Å². The first-order valence-electron chi connectivity index (χ1n) is 4.92. The van der Waals surface area contributed by atoms with Gasteiger partial charge in [-0.1, -0.05) is 0 Å². The van der Waals surface area contributed by atoms with Crippen LogP contribution in [0.5, 0.6) is 0 Å². The van der Waals surface area contributed by atoms with E-state index in [2.05, 4.69) is 0 Å². The lowest BCUT2D eigenvalue weighted by Gasteiger charge is -2.31. The van der Waals surface area contributed by atoms with Crippen molar-refractivity contribution in [3.63, 3.8) is 0 Å². The van der Waals surface area contributed by atoms with E-state index in [1.807, 2.05) is 0 Å². The third-order valence-corrected chi connectivity index (χ3v) is 2.87. The number of aliphatic hydroxyl groups is 1. The zero-order chi connectivity index (χ0) is 10.1. The predicted octanol–water partition coefficient (Wildman–Crippen LogP) is 0.215. The molecule has 0 radical (unpaired) electrons. The average Bonchev–Trinajstić information content (AvgIpc) is 2.49. The molecule has 76 valence electrons. The number of amides is 2. The molecule has 1 aliphatic carbocycles. The van der Waals surface area contributed by atoms with Crippen LogP contribution in [0.15, 0.2) is 12.2 Å². The first-order chi connectivity index (χ1) is 6.68. The topological polar surface area (TPSA) is 57.6 Å². The molecule has 1 aliphatic heterocycles. The number of carbonyl (C=O) groups is 2. The second-order valence-corrected chi connectivity index (χ2v) is 3.84. The molecule has 2 amide bonds. The summed E-state index contributed by atoms with van der Waals surface area (Å²) >= 11 is 0. The van der Waals surface area contributed by atoms with Gasteiger partial charge >= 0.3 is 0 Å². The number of hydrogen-bond donors (Lipinski definition) is 1. The van der Waals surface area contributed by atoms with E-state index in [0.717, 1.165) is 12.8 Å². The third-order valence-electron chi connectivity index (χ3n) is 2.87. The van der Waals surface area contributed by atoms with Gasteiger partial charge in [-0.25, -0.2) is 0 Å². The fourth-order valence-electron chi connectivity index (χ4n) is 2.09. The van der Waals surface area contributed by atoms with E-state index in [1.165, 1.54) is 17.1 Å². The van der Waals surface area contributed by atoms with Crippen LogP contribution < -0.4 is 0 Å². The molecule has 0 spiro atoms. The van der Waals surface area contributed by atoms with Crippen LogP contribution >= 0.6 is 0 Å². The number of hydrogen-bond acceptors (Lipinski definition) is 3. The number of imide groups is 1. The summed E-state index contributed by atoms with van der Waals surface area (Å²) in [5.41, 5.74) is 0. The Morgan fingerprint density at radius 3 is 2.07 bits per heavy atom. The average molecular weight is 195 g/mol. The van der Waals surface area contributed by atoms with Crippen molar-refractivity contribution in [1.82, 2.24) is 4.90 Å². The fraction of sp³-hybridized carbons (Fsp3) is 0.600. The smallest absolute Gasteiger partial charge is 0.253 e. The van der Waals surface area contributed by atoms with Crippen LogP contribution in [0, 0.1) is 0 Å². The molecule has 0 aromatic carbocycles. The minimum atomic E-state index is -0.257. The summed E-state index contributed by atoms with van der Waals surface area (Å²) in [5, 5.41) is 9.30. The van der Waals surface area contributed by atoms with Crippen molar-refractivity contribution in [2.45, 2.75) is 37.8 Å². The first kappa shape index (κ1) is 9.40. The molecule has 1 saturated carbocycles. The zero-order valence-corrected chi connectivity index (χ0v) is 7.85. The van der Waals surface area contributed by atoms with Crippen LogP contribution in [0.3, 0.4) is 0 Å². The number of aliphatic hydroxyl groups excluding tert-OH is 1. The van der Waals surface area contributed by atoms with E-state index in [0.29, 0.717) is 12.8 Å². The Morgan fingerprint density at radius 2 is 1.57 bits per heavy atom. The maximum Gasteiger partial charge on any atom is 0.253 e. The highest BCUT2D eigenvalue weighted by Crippen LogP contribution is 2.25. The highest BCUT2D eigenvalue weighted by atomic mass is 16.3. The summed E-state index contributed by atoms with van der Waals surface area (Å²) in [5.74, 6) is -0.423. The molecular weight excluding hydrogens is 182 g/mol. The van der Waals surface area contributed by atoms with Gasteiger partial charge in [-0.15, -0.1) is 0 Å². The summed E-state index contributed by atoms with van der Waals surface area (Å²) in [7, 11) is 0. The lowest BCUT2D eigenvalue weighted by atomic mass is 9.92. The van der Waals surface area contributed by atoms with Crippen LogP contribution in [-0.4, -0.2) is 34.0 Å². The molecular formula is C10H13NO3. The van der Waals surface area contributed by atoms with Crippen LogP contribution in [0.2, 0.25) is 0 Å². The minimum Gasteiger partial charge on any atom is -0.393 e. The standard InChI is InChI=1S/C10H13NO3/c12-8-3-1-7(2-4-8)11-9(13)5-6-10(11)14/h5-8,12H,1-4H2/t7-,8-. The molecule has 0 aromatic heterocycles. The van der Waals surface area contributed by atoms with Crippen LogP contribution in [-0.2, 0) is 9.59 Å². The lowest BCUT2D eigenvalue weighted by molar-refractivity contribution is -0.140. The fourth-order valence-corrected chi connectivity index (χ4v) is 2.09. The van der Waals surface area contributed by atoms with Gasteiger partial charge in [0.1, 0.15) is 0 Å². The van der Waals surface area contributed by atoms with Gasteiger partial charge in [0.15, 0.2) is 0 Å². The highest BCUT2D eigenvalue weighted by molar-refractivity contribution is 6.13. The molecule has 1 N–H and O–H groups in total. The molecule has 4 nitrogen and oxygen atoms in total. The second kappa shape index (κ2) is 3.53. The SMILES string of the molecule is O=C1C=CC(=O)N1[C@H]1CC[C@H](O)CC1. The molecule has 0 unspecified atom stereocenters. The van der Waals surface area contributed by atoms with Crippen molar-refractivity contribution in [1.29, 1.82) is 0 Å². The van der Waals surface area contributed by atoms with E-state index < -0.39 is 0 Å².